The van der Waals surface area contributed by atoms with Crippen LogP contribution in [0.5, 0.6) is 5.75 Å². The maximum atomic E-state index is 13.0. The average Bonchev–Trinajstić information content (AvgIpc) is 3.77. The molecule has 2 aliphatic carbocycles. The quantitative estimate of drug-likeness (QED) is 0.140. The predicted molar refractivity (Wildman–Crippen MR) is 185 cm³/mol. The number of amides is 2. The number of nitrogens with one attached hydrogen (secondary N) is 2. The minimum Gasteiger partial charge on any atom is -0.496 e. The van der Waals surface area contributed by atoms with Crippen LogP contribution in [-0.2, 0) is 11.0 Å². The Hall–Kier alpha value is -3.15. The normalized spacial score (nSPS) is 24.4. The number of nitrogens with zero attached hydrogens (tertiary/aromatic N) is 1. The molecule has 2 N–H and O–H groups in total. The summed E-state index contributed by atoms with van der Waals surface area (Å²) in [5, 5.41) is 6.28. The summed E-state index contributed by atoms with van der Waals surface area (Å²) in [6.07, 6.45) is 7.79. The number of halogens is 4. The third kappa shape index (κ3) is 9.30. The van der Waals surface area contributed by atoms with Crippen LogP contribution in [0.1, 0.15) is 86.6 Å². The first kappa shape index (κ1) is 37.7. The molecule has 3 fully saturated rings. The summed E-state index contributed by atoms with van der Waals surface area (Å²) in [7, 11) is 4.13. The second-order valence-electron chi connectivity index (χ2n) is 13.3. The fourth-order valence-corrected chi connectivity index (χ4v) is 8.58. The molecule has 6 nitrogen and oxygen atoms in total. The molecule has 12 heteroatoms. The monoisotopic (exact) mass is 688 g/mol. The summed E-state index contributed by atoms with van der Waals surface area (Å²) in [4.78, 5) is 27.4. The van der Waals surface area contributed by atoms with E-state index in [1.165, 1.54) is 57.6 Å². The number of hydrogen-bond donors (Lipinski definition) is 2. The van der Waals surface area contributed by atoms with Gasteiger partial charge in [-0.25, -0.2) is 9.37 Å². The molecule has 2 bridgehead atoms. The van der Waals surface area contributed by atoms with Crippen molar-refractivity contribution in [2.75, 3.05) is 12.4 Å². The third-order valence-electron chi connectivity index (χ3n) is 10.1. The first-order valence-corrected chi connectivity index (χ1v) is 17.8. The van der Waals surface area contributed by atoms with Crippen molar-refractivity contribution in [2.24, 2.45) is 29.6 Å². The fourth-order valence-electron chi connectivity index (χ4n) is 7.63. The van der Waals surface area contributed by atoms with Crippen molar-refractivity contribution >= 4 is 46.8 Å². The number of methoxy groups -OCH3 is 1. The van der Waals surface area contributed by atoms with E-state index in [1.54, 1.807) is 18.4 Å². The maximum absolute atomic E-state index is 13.0. The van der Waals surface area contributed by atoms with Gasteiger partial charge in [0, 0.05) is 11.7 Å². The van der Waals surface area contributed by atoms with E-state index in [9.17, 15) is 27.2 Å². The number of aryl methyl sites for hydroxylation is 1. The lowest BCUT2D eigenvalue weighted by Crippen LogP contribution is -2.43. The summed E-state index contributed by atoms with van der Waals surface area (Å²) < 4.78 is 55.4. The molecule has 0 spiro atoms. The van der Waals surface area contributed by atoms with Crippen LogP contribution in [0.2, 0.25) is 12.6 Å². The highest BCUT2D eigenvalue weighted by molar-refractivity contribution is 7.19. The molecule has 2 saturated carbocycles. The third-order valence-corrected chi connectivity index (χ3v) is 11.1. The van der Waals surface area contributed by atoms with Crippen molar-refractivity contribution < 1.29 is 31.9 Å². The SMILES string of the molecule is CCCC1C[B]CC(CC)C1.COc1ccc2nc(C)sc2c1C(=O)NC1C2CC[C@@H](C2)C1C.O=CNc1ccc(F)c(C(F)(F)F)c1. The van der Waals surface area contributed by atoms with Crippen molar-refractivity contribution in [3.8, 4) is 5.75 Å². The molecule has 6 atom stereocenters. The van der Waals surface area contributed by atoms with Crippen LogP contribution in [-0.4, -0.2) is 37.7 Å². The molecule has 1 saturated heterocycles. The van der Waals surface area contributed by atoms with Crippen LogP contribution < -0.4 is 15.4 Å². The van der Waals surface area contributed by atoms with Gasteiger partial charge < -0.3 is 15.4 Å². The van der Waals surface area contributed by atoms with E-state index in [0.29, 0.717) is 41.3 Å². The van der Waals surface area contributed by atoms with Gasteiger partial charge in [-0.1, -0.05) is 52.7 Å². The number of hydrogen-bond acceptors (Lipinski definition) is 5. The van der Waals surface area contributed by atoms with E-state index in [-0.39, 0.29) is 18.0 Å². The minimum absolute atomic E-state index is 0.0134. The Morgan fingerprint density at radius 1 is 1.10 bits per heavy atom. The Morgan fingerprint density at radius 3 is 2.46 bits per heavy atom. The predicted octanol–water partition coefficient (Wildman–Crippen LogP) is 9.56. The van der Waals surface area contributed by atoms with Gasteiger partial charge in [0.25, 0.3) is 5.91 Å². The second-order valence-corrected chi connectivity index (χ2v) is 14.5. The molecule has 1 aromatic heterocycles. The van der Waals surface area contributed by atoms with E-state index < -0.39 is 17.6 Å². The van der Waals surface area contributed by atoms with Crippen molar-refractivity contribution in [2.45, 2.75) is 97.5 Å². The molecule has 3 aromatic rings. The standard InChI is InChI=1S/C18H22N2O2S.C10H20B.C8H5F4NO/c1-9-11-4-5-12(8-11)16(9)20-18(21)15-14(22-3)7-6-13-17(15)23-10(2)19-13;1-3-5-10-6-9(4-2)7-11-8-10;9-7-2-1-5(13-4-14)3-6(7)8(10,11)12/h6-7,9,11-12,16H,4-5,8H2,1-3H3,(H,20,21);9-10H,3-8H2,1-2H3;1-4H,(H,13,14)/t9?,11-,12?,16?;;/m0../s1. The van der Waals surface area contributed by atoms with Gasteiger partial charge in [-0.2, -0.15) is 13.2 Å². The number of rotatable bonds is 8. The Kier molecular flexibility index (Phi) is 13.3. The van der Waals surface area contributed by atoms with Gasteiger partial charge in [0.2, 0.25) is 6.41 Å². The smallest absolute Gasteiger partial charge is 0.419 e. The van der Waals surface area contributed by atoms with Crippen molar-refractivity contribution in [1.82, 2.24) is 10.3 Å². The molecule has 48 heavy (non-hydrogen) atoms. The van der Waals surface area contributed by atoms with Crippen LogP contribution in [0.3, 0.4) is 0 Å². The van der Waals surface area contributed by atoms with Gasteiger partial charge >= 0.3 is 6.18 Å². The van der Waals surface area contributed by atoms with Gasteiger partial charge in [-0.05, 0) is 92.5 Å². The first-order valence-electron chi connectivity index (χ1n) is 17.0. The van der Waals surface area contributed by atoms with E-state index >= 15 is 0 Å². The number of alkyl halides is 3. The Labute approximate surface area is 286 Å². The number of thiazole rings is 1. The van der Waals surface area contributed by atoms with Crippen LogP contribution in [0, 0.1) is 42.3 Å². The first-order chi connectivity index (χ1) is 22.9. The van der Waals surface area contributed by atoms with Gasteiger partial charge in [-0.3, -0.25) is 9.59 Å². The van der Waals surface area contributed by atoms with E-state index in [1.807, 2.05) is 24.4 Å². The Bertz CT molecular complexity index is 1530. The van der Waals surface area contributed by atoms with Gasteiger partial charge in [0.1, 0.15) is 24.4 Å². The van der Waals surface area contributed by atoms with Crippen molar-refractivity contribution in [3.05, 3.63) is 52.3 Å². The Morgan fingerprint density at radius 2 is 1.83 bits per heavy atom. The van der Waals surface area contributed by atoms with Crippen LogP contribution in [0.25, 0.3) is 10.2 Å². The molecule has 2 heterocycles. The van der Waals surface area contributed by atoms with Gasteiger partial charge in [0.05, 0.1) is 27.9 Å². The number of fused-ring (bicyclic) bond motifs is 3. The largest absolute Gasteiger partial charge is 0.496 e. The van der Waals surface area contributed by atoms with Crippen molar-refractivity contribution in [3.63, 3.8) is 0 Å². The zero-order valence-electron chi connectivity index (χ0n) is 28.5. The minimum atomic E-state index is -4.76. The molecule has 3 aliphatic rings. The molecular formula is C36H47BF4N3O3S. The number of benzene rings is 2. The van der Waals surface area contributed by atoms with Crippen molar-refractivity contribution in [1.29, 1.82) is 0 Å². The molecule has 2 amide bonds. The summed E-state index contributed by atoms with van der Waals surface area (Å²) in [6, 6.07) is 6.29. The molecule has 1 radical (unpaired) electrons. The number of aromatic nitrogens is 1. The van der Waals surface area contributed by atoms with Crippen LogP contribution >= 0.6 is 11.3 Å². The van der Waals surface area contributed by atoms with E-state index in [4.69, 9.17) is 4.74 Å². The zero-order valence-corrected chi connectivity index (χ0v) is 29.3. The topological polar surface area (TPSA) is 80.3 Å². The lowest BCUT2D eigenvalue weighted by molar-refractivity contribution is -0.140. The highest BCUT2D eigenvalue weighted by Crippen LogP contribution is 2.48. The number of anilines is 1. The fraction of sp³-hybridized carbons (Fsp3) is 0.583. The molecule has 6 rings (SSSR count). The van der Waals surface area contributed by atoms with Gasteiger partial charge in [0.15, 0.2) is 0 Å². The molecule has 261 valence electrons. The van der Waals surface area contributed by atoms with Crippen LogP contribution in [0.4, 0.5) is 23.2 Å². The zero-order chi connectivity index (χ0) is 35.0. The summed E-state index contributed by atoms with van der Waals surface area (Å²) >= 11 is 1.56. The Balaban J connectivity index is 0.000000178. The molecule has 2 aromatic carbocycles. The summed E-state index contributed by atoms with van der Waals surface area (Å²) in [5.74, 6) is 3.30. The lowest BCUT2D eigenvalue weighted by Gasteiger charge is -2.29. The van der Waals surface area contributed by atoms with Crippen LogP contribution in [0.15, 0.2) is 30.3 Å². The molecule has 1 aliphatic heterocycles. The second kappa shape index (κ2) is 17.0. The highest BCUT2D eigenvalue weighted by Gasteiger charge is 2.46. The highest BCUT2D eigenvalue weighted by atomic mass is 32.1. The summed E-state index contributed by atoms with van der Waals surface area (Å²) in [6.45, 7) is 8.88. The number of carbonyl (C=O) groups excluding carboxylic acids is 2. The molecule has 5 unspecified atom stereocenters. The van der Waals surface area contributed by atoms with E-state index in [0.717, 1.165) is 39.0 Å². The molecular weight excluding hydrogens is 641 g/mol. The van der Waals surface area contributed by atoms with Gasteiger partial charge in [-0.15, -0.1) is 11.3 Å². The maximum Gasteiger partial charge on any atom is 0.419 e. The average molecular weight is 689 g/mol. The number of carbonyl (C=O) groups is 2. The number of ether oxygens (including phenoxy) is 1. The lowest BCUT2D eigenvalue weighted by atomic mass is 9.55. The van der Waals surface area contributed by atoms with E-state index in [2.05, 4.69) is 38.4 Å². The summed E-state index contributed by atoms with van der Waals surface area (Å²) in [5.41, 5.74) is 0.0167.